The Labute approximate surface area is 178 Å². The number of ether oxygens (including phenoxy) is 1. The fourth-order valence-electron chi connectivity index (χ4n) is 3.28. The lowest BCUT2D eigenvalue weighted by Crippen LogP contribution is -2.20. The lowest BCUT2D eigenvalue weighted by molar-refractivity contribution is 0.0855. The number of halogens is 2. The van der Waals surface area contributed by atoms with Crippen molar-refractivity contribution in [3.05, 3.63) is 60.4 Å². The van der Waals surface area contributed by atoms with Gasteiger partial charge in [-0.3, -0.25) is 4.68 Å². The van der Waals surface area contributed by atoms with Gasteiger partial charge in [0.2, 0.25) is 5.88 Å². The molecular formula is C22H21ClFN5O. The number of nitrogens with zero attached hydrogens (tertiary/aromatic N) is 5. The summed E-state index contributed by atoms with van der Waals surface area (Å²) < 4.78 is 24.3. The Morgan fingerprint density at radius 1 is 1.17 bits per heavy atom. The molecule has 0 amide bonds. The van der Waals surface area contributed by atoms with Gasteiger partial charge in [-0.25, -0.2) is 9.37 Å². The average Bonchev–Trinajstić information content (AvgIpc) is 3.24. The number of aromatic nitrogens is 5. The molecule has 0 saturated heterocycles. The molecule has 30 heavy (non-hydrogen) atoms. The first kappa shape index (κ1) is 20.1. The molecule has 3 heterocycles. The summed E-state index contributed by atoms with van der Waals surface area (Å²) in [5.41, 5.74) is 2.52. The Hall–Kier alpha value is -3.19. The van der Waals surface area contributed by atoms with Crippen molar-refractivity contribution in [2.75, 3.05) is 0 Å². The van der Waals surface area contributed by atoms with Gasteiger partial charge in [-0.1, -0.05) is 11.6 Å². The molecule has 8 heteroatoms. The summed E-state index contributed by atoms with van der Waals surface area (Å²) in [6, 6.07) is 6.81. The molecule has 0 N–H and O–H groups in total. The number of aryl methyl sites for hydroxylation is 1. The predicted octanol–water partition coefficient (Wildman–Crippen LogP) is 5.53. The molecule has 6 nitrogen and oxygen atoms in total. The van der Waals surface area contributed by atoms with Crippen LogP contribution in [0.2, 0.25) is 5.15 Å². The van der Waals surface area contributed by atoms with Crippen LogP contribution in [-0.2, 0) is 11.8 Å². The Morgan fingerprint density at radius 3 is 2.57 bits per heavy atom. The Morgan fingerprint density at radius 2 is 1.93 bits per heavy atom. The molecule has 0 unspecified atom stereocenters. The molecule has 1 aromatic carbocycles. The summed E-state index contributed by atoms with van der Waals surface area (Å²) >= 11 is 6.09. The first-order valence-electron chi connectivity index (χ1n) is 9.34. The van der Waals surface area contributed by atoms with E-state index >= 15 is 4.39 Å². The highest BCUT2D eigenvalue weighted by Crippen LogP contribution is 2.35. The van der Waals surface area contributed by atoms with Crippen molar-refractivity contribution in [3.63, 3.8) is 0 Å². The molecule has 0 radical (unpaired) electrons. The van der Waals surface area contributed by atoms with Crippen LogP contribution in [0.1, 0.15) is 20.8 Å². The molecule has 0 aliphatic heterocycles. The van der Waals surface area contributed by atoms with Crippen molar-refractivity contribution < 1.29 is 9.13 Å². The minimum Gasteiger partial charge on any atom is -0.472 e. The number of hydrogen-bond donors (Lipinski definition) is 0. The van der Waals surface area contributed by atoms with Crippen molar-refractivity contribution >= 4 is 28.4 Å². The molecule has 0 spiro atoms. The van der Waals surface area contributed by atoms with Crippen LogP contribution in [0.4, 0.5) is 4.39 Å². The standard InChI is InChI=1S/C22H21ClFN5O/c1-13(30-22(2,3)4)29-21-17(20(27-29)14-6-7-25-19(23)10-14)8-15(9-18(21)24)16-11-26-28(5)12-16/h6-12H,1H2,2-5H3. The second-order valence-corrected chi connectivity index (χ2v) is 8.38. The number of rotatable bonds is 4. The zero-order valence-electron chi connectivity index (χ0n) is 17.1. The monoisotopic (exact) mass is 425 g/mol. The highest BCUT2D eigenvalue weighted by Gasteiger charge is 2.22. The third kappa shape index (κ3) is 3.80. The van der Waals surface area contributed by atoms with Crippen LogP contribution < -0.4 is 0 Å². The molecule has 0 aliphatic rings. The summed E-state index contributed by atoms with van der Waals surface area (Å²) in [5, 5.41) is 9.74. The fraction of sp³-hybridized carbons (Fsp3) is 0.227. The van der Waals surface area contributed by atoms with Gasteiger partial charge < -0.3 is 4.74 Å². The van der Waals surface area contributed by atoms with E-state index in [1.807, 2.05) is 40.1 Å². The summed E-state index contributed by atoms with van der Waals surface area (Å²) in [7, 11) is 1.81. The van der Waals surface area contributed by atoms with Crippen molar-refractivity contribution in [2.24, 2.45) is 7.05 Å². The van der Waals surface area contributed by atoms with Gasteiger partial charge >= 0.3 is 0 Å². The van der Waals surface area contributed by atoms with E-state index in [0.717, 1.165) is 5.56 Å². The minimum absolute atomic E-state index is 0.229. The molecule has 4 aromatic rings. The van der Waals surface area contributed by atoms with Gasteiger partial charge in [0, 0.05) is 36.0 Å². The quantitative estimate of drug-likeness (QED) is 0.318. The topological polar surface area (TPSA) is 57.8 Å². The lowest BCUT2D eigenvalue weighted by atomic mass is 10.0. The Kier molecular flexibility index (Phi) is 4.86. The van der Waals surface area contributed by atoms with E-state index < -0.39 is 11.4 Å². The Balaban J connectivity index is 1.98. The van der Waals surface area contributed by atoms with Gasteiger partial charge in [0.1, 0.15) is 27.8 Å². The van der Waals surface area contributed by atoms with E-state index in [-0.39, 0.29) is 11.4 Å². The van der Waals surface area contributed by atoms with E-state index in [1.165, 1.54) is 10.7 Å². The minimum atomic E-state index is -0.512. The molecule has 4 rings (SSSR count). The molecule has 0 bridgehead atoms. The van der Waals surface area contributed by atoms with Crippen molar-refractivity contribution in [3.8, 4) is 22.4 Å². The third-order valence-corrected chi connectivity index (χ3v) is 4.64. The van der Waals surface area contributed by atoms with Crippen molar-refractivity contribution in [1.82, 2.24) is 24.5 Å². The molecular weight excluding hydrogens is 405 g/mol. The number of benzene rings is 1. The van der Waals surface area contributed by atoms with E-state index in [0.29, 0.717) is 27.4 Å². The maximum absolute atomic E-state index is 15.4. The molecule has 0 aliphatic carbocycles. The van der Waals surface area contributed by atoms with Gasteiger partial charge in [0.15, 0.2) is 0 Å². The van der Waals surface area contributed by atoms with Crippen LogP contribution in [0.3, 0.4) is 0 Å². The highest BCUT2D eigenvalue weighted by atomic mass is 35.5. The van der Waals surface area contributed by atoms with Crippen LogP contribution in [-0.4, -0.2) is 30.1 Å². The SMILES string of the molecule is C=C(OC(C)(C)C)n1nc(-c2ccnc(Cl)c2)c2cc(-c3cnn(C)c3)cc(F)c21. The van der Waals surface area contributed by atoms with Crippen LogP contribution in [0, 0.1) is 5.82 Å². The second kappa shape index (κ2) is 7.25. The van der Waals surface area contributed by atoms with Gasteiger partial charge in [-0.15, -0.1) is 0 Å². The van der Waals surface area contributed by atoms with Gasteiger partial charge in [0.25, 0.3) is 0 Å². The molecule has 3 aromatic heterocycles. The van der Waals surface area contributed by atoms with Crippen molar-refractivity contribution in [2.45, 2.75) is 26.4 Å². The predicted molar refractivity (Wildman–Crippen MR) is 116 cm³/mol. The third-order valence-electron chi connectivity index (χ3n) is 4.43. The van der Waals surface area contributed by atoms with Crippen LogP contribution >= 0.6 is 11.6 Å². The Bertz CT molecular complexity index is 1270. The second-order valence-electron chi connectivity index (χ2n) is 7.99. The largest absolute Gasteiger partial charge is 0.472 e. The van der Waals surface area contributed by atoms with Gasteiger partial charge in [-0.2, -0.15) is 14.9 Å². The highest BCUT2D eigenvalue weighted by molar-refractivity contribution is 6.29. The van der Waals surface area contributed by atoms with Gasteiger partial charge in [0.05, 0.1) is 6.20 Å². The summed E-state index contributed by atoms with van der Waals surface area (Å²) in [5.74, 6) is -0.212. The summed E-state index contributed by atoms with van der Waals surface area (Å²) in [6.07, 6.45) is 5.11. The van der Waals surface area contributed by atoms with E-state index in [4.69, 9.17) is 16.3 Å². The molecule has 0 atom stereocenters. The summed E-state index contributed by atoms with van der Waals surface area (Å²) in [6.45, 7) is 9.65. The number of fused-ring (bicyclic) bond motifs is 1. The van der Waals surface area contributed by atoms with Crippen LogP contribution in [0.5, 0.6) is 0 Å². The molecule has 154 valence electrons. The zero-order valence-corrected chi connectivity index (χ0v) is 17.9. The van der Waals surface area contributed by atoms with E-state index in [1.54, 1.807) is 29.2 Å². The summed E-state index contributed by atoms with van der Waals surface area (Å²) in [4.78, 5) is 4.02. The fourth-order valence-corrected chi connectivity index (χ4v) is 3.45. The maximum Gasteiger partial charge on any atom is 0.208 e. The molecule has 0 saturated carbocycles. The van der Waals surface area contributed by atoms with Gasteiger partial charge in [-0.05, 0) is 57.2 Å². The molecule has 0 fully saturated rings. The number of hydrogen-bond acceptors (Lipinski definition) is 4. The van der Waals surface area contributed by atoms with E-state index in [9.17, 15) is 0 Å². The van der Waals surface area contributed by atoms with Crippen molar-refractivity contribution in [1.29, 1.82) is 0 Å². The normalized spacial score (nSPS) is 11.8. The van der Waals surface area contributed by atoms with Crippen LogP contribution in [0.15, 0.2) is 49.4 Å². The van der Waals surface area contributed by atoms with Crippen LogP contribution in [0.25, 0.3) is 39.2 Å². The maximum atomic E-state index is 15.4. The zero-order chi connectivity index (χ0) is 21.6. The number of pyridine rings is 1. The lowest BCUT2D eigenvalue weighted by Gasteiger charge is -2.22. The van der Waals surface area contributed by atoms with E-state index in [2.05, 4.69) is 21.8 Å². The average molecular weight is 426 g/mol. The first-order valence-corrected chi connectivity index (χ1v) is 9.72. The smallest absolute Gasteiger partial charge is 0.208 e. The first-order chi connectivity index (χ1) is 14.1.